The fourth-order valence-electron chi connectivity index (χ4n) is 1.53. The highest BCUT2D eigenvalue weighted by Crippen LogP contribution is 2.16. The molecule has 4 nitrogen and oxygen atoms in total. The summed E-state index contributed by atoms with van der Waals surface area (Å²) in [5, 5.41) is 14.2. The molecular formula is C14H10BrN3O. The number of nitrogens with zero attached hydrogens (tertiary/aromatic N) is 1. The summed E-state index contributed by atoms with van der Waals surface area (Å²) >= 11 is 3.33. The van der Waals surface area contributed by atoms with E-state index in [1.54, 1.807) is 36.4 Å². The lowest BCUT2D eigenvalue weighted by molar-refractivity contribution is 0.262. The molecule has 0 radical (unpaired) electrons. The van der Waals surface area contributed by atoms with E-state index in [1.165, 1.54) is 0 Å². The summed E-state index contributed by atoms with van der Waals surface area (Å²) in [6, 6.07) is 15.7. The molecule has 0 aromatic heterocycles. The summed E-state index contributed by atoms with van der Waals surface area (Å²) in [5.74, 6) is 0. The number of hydrogen-bond donors (Lipinski definition) is 2. The lowest BCUT2D eigenvalue weighted by Crippen LogP contribution is -2.19. The number of anilines is 2. The van der Waals surface area contributed by atoms with Gasteiger partial charge in [-0.05, 0) is 36.4 Å². The quantitative estimate of drug-likeness (QED) is 0.880. The summed E-state index contributed by atoms with van der Waals surface area (Å²) in [6.45, 7) is 0. The molecule has 0 saturated carbocycles. The summed E-state index contributed by atoms with van der Waals surface area (Å²) in [7, 11) is 0. The second-order valence-corrected chi connectivity index (χ2v) is 4.70. The first kappa shape index (κ1) is 13.1. The zero-order valence-corrected chi connectivity index (χ0v) is 11.4. The fourth-order valence-corrected chi connectivity index (χ4v) is 1.93. The normalized spacial score (nSPS) is 9.47. The van der Waals surface area contributed by atoms with Crippen molar-refractivity contribution in [2.45, 2.75) is 0 Å². The zero-order valence-electron chi connectivity index (χ0n) is 9.85. The van der Waals surface area contributed by atoms with Crippen molar-refractivity contribution >= 4 is 33.3 Å². The molecule has 2 N–H and O–H groups in total. The van der Waals surface area contributed by atoms with E-state index in [9.17, 15) is 4.79 Å². The highest BCUT2D eigenvalue weighted by Gasteiger charge is 2.03. The molecule has 0 saturated heterocycles. The van der Waals surface area contributed by atoms with Gasteiger partial charge in [0.1, 0.15) is 0 Å². The minimum atomic E-state index is -0.354. The van der Waals surface area contributed by atoms with Crippen LogP contribution < -0.4 is 10.6 Å². The van der Waals surface area contributed by atoms with Crippen LogP contribution in [-0.4, -0.2) is 6.03 Å². The third-order valence-electron chi connectivity index (χ3n) is 2.33. The smallest absolute Gasteiger partial charge is 0.308 e. The number of carbonyl (C=O) groups excluding carboxylic acids is 1. The van der Waals surface area contributed by atoms with Crippen molar-refractivity contribution in [3.05, 3.63) is 58.6 Å². The van der Waals surface area contributed by atoms with Gasteiger partial charge in [-0.3, -0.25) is 0 Å². The highest BCUT2D eigenvalue weighted by molar-refractivity contribution is 9.10. The molecule has 0 bridgehead atoms. The van der Waals surface area contributed by atoms with Crippen molar-refractivity contribution in [1.82, 2.24) is 0 Å². The van der Waals surface area contributed by atoms with Crippen LogP contribution in [0.25, 0.3) is 0 Å². The van der Waals surface area contributed by atoms with Crippen LogP contribution in [-0.2, 0) is 0 Å². The first-order valence-corrected chi connectivity index (χ1v) is 6.30. The largest absolute Gasteiger partial charge is 0.323 e. The molecule has 0 unspecified atom stereocenters. The Labute approximate surface area is 119 Å². The molecule has 0 aliphatic carbocycles. The molecule has 0 spiro atoms. The molecule has 2 amide bonds. The first-order valence-electron chi connectivity index (χ1n) is 5.51. The van der Waals surface area contributed by atoms with Crippen molar-refractivity contribution in [3.63, 3.8) is 0 Å². The molecule has 2 rings (SSSR count). The number of urea groups is 1. The molecular weight excluding hydrogens is 306 g/mol. The number of amides is 2. The number of rotatable bonds is 2. The third-order valence-corrected chi connectivity index (χ3v) is 2.83. The Kier molecular flexibility index (Phi) is 4.16. The molecule has 0 aliphatic heterocycles. The molecule has 0 aliphatic rings. The molecule has 0 heterocycles. The topological polar surface area (TPSA) is 64.9 Å². The second-order valence-electron chi connectivity index (χ2n) is 3.78. The van der Waals surface area contributed by atoms with Crippen LogP contribution in [0.5, 0.6) is 0 Å². The van der Waals surface area contributed by atoms with Crippen LogP contribution in [0.1, 0.15) is 5.56 Å². The fraction of sp³-hybridized carbons (Fsp3) is 0. The second kappa shape index (κ2) is 6.03. The molecule has 5 heteroatoms. The zero-order chi connectivity index (χ0) is 13.7. The van der Waals surface area contributed by atoms with Crippen molar-refractivity contribution < 1.29 is 4.79 Å². The Balaban J connectivity index is 2.03. The van der Waals surface area contributed by atoms with Gasteiger partial charge >= 0.3 is 6.03 Å². The number of halogens is 1. The van der Waals surface area contributed by atoms with Gasteiger partial charge in [-0.15, -0.1) is 0 Å². The highest BCUT2D eigenvalue weighted by atomic mass is 79.9. The number of hydrogen-bond acceptors (Lipinski definition) is 2. The van der Waals surface area contributed by atoms with Gasteiger partial charge in [0.2, 0.25) is 0 Å². The summed E-state index contributed by atoms with van der Waals surface area (Å²) < 4.78 is 0.886. The molecule has 94 valence electrons. The van der Waals surface area contributed by atoms with Gasteiger partial charge in [-0.25, -0.2) is 4.79 Å². The molecule has 0 fully saturated rings. The van der Waals surface area contributed by atoms with Crippen molar-refractivity contribution in [2.24, 2.45) is 0 Å². The Bertz CT molecular complexity index is 649. The Hall–Kier alpha value is -2.32. The summed E-state index contributed by atoms with van der Waals surface area (Å²) in [6.07, 6.45) is 0. The van der Waals surface area contributed by atoms with Crippen LogP contribution in [0, 0.1) is 11.3 Å². The van der Waals surface area contributed by atoms with Crippen LogP contribution in [0.3, 0.4) is 0 Å². The maximum atomic E-state index is 11.8. The van der Waals surface area contributed by atoms with Crippen LogP contribution in [0.15, 0.2) is 53.0 Å². The Morgan fingerprint density at radius 3 is 2.32 bits per heavy atom. The average molecular weight is 316 g/mol. The van der Waals surface area contributed by atoms with E-state index >= 15 is 0 Å². The molecule has 2 aromatic rings. The third kappa shape index (κ3) is 3.83. The SMILES string of the molecule is N#Cc1cccc(NC(=O)Nc2cccc(Br)c2)c1. The van der Waals surface area contributed by atoms with Gasteiger partial charge in [0, 0.05) is 15.8 Å². The van der Waals surface area contributed by atoms with E-state index < -0.39 is 0 Å². The lowest BCUT2D eigenvalue weighted by Gasteiger charge is -2.08. The van der Waals surface area contributed by atoms with E-state index in [0.717, 1.165) is 4.47 Å². The molecule has 0 atom stereocenters. The van der Waals surface area contributed by atoms with Crippen LogP contribution in [0.4, 0.5) is 16.2 Å². The number of nitrogens with one attached hydrogen (secondary N) is 2. The van der Waals surface area contributed by atoms with Gasteiger partial charge in [0.05, 0.1) is 11.6 Å². The van der Waals surface area contributed by atoms with E-state index in [1.807, 2.05) is 18.2 Å². The van der Waals surface area contributed by atoms with Gasteiger partial charge in [0.15, 0.2) is 0 Å². The van der Waals surface area contributed by atoms with Gasteiger partial charge in [-0.2, -0.15) is 5.26 Å². The Morgan fingerprint density at radius 2 is 1.68 bits per heavy atom. The van der Waals surface area contributed by atoms with Gasteiger partial charge < -0.3 is 10.6 Å². The number of benzene rings is 2. The van der Waals surface area contributed by atoms with Crippen LogP contribution in [0.2, 0.25) is 0 Å². The van der Waals surface area contributed by atoms with E-state index in [4.69, 9.17) is 5.26 Å². The van der Waals surface area contributed by atoms with Crippen molar-refractivity contribution in [1.29, 1.82) is 5.26 Å². The minimum Gasteiger partial charge on any atom is -0.308 e. The summed E-state index contributed by atoms with van der Waals surface area (Å²) in [4.78, 5) is 11.8. The van der Waals surface area contributed by atoms with E-state index in [0.29, 0.717) is 16.9 Å². The lowest BCUT2D eigenvalue weighted by atomic mass is 10.2. The van der Waals surface area contributed by atoms with Crippen molar-refractivity contribution in [3.8, 4) is 6.07 Å². The number of nitriles is 1. The maximum Gasteiger partial charge on any atom is 0.323 e. The molecule has 2 aromatic carbocycles. The average Bonchev–Trinajstić information content (AvgIpc) is 2.38. The van der Waals surface area contributed by atoms with Gasteiger partial charge in [-0.1, -0.05) is 28.1 Å². The summed E-state index contributed by atoms with van der Waals surface area (Å²) in [5.41, 5.74) is 1.76. The van der Waals surface area contributed by atoms with Gasteiger partial charge in [0.25, 0.3) is 0 Å². The predicted octanol–water partition coefficient (Wildman–Crippen LogP) is 3.96. The van der Waals surface area contributed by atoms with Crippen molar-refractivity contribution in [2.75, 3.05) is 10.6 Å². The molecule has 19 heavy (non-hydrogen) atoms. The Morgan fingerprint density at radius 1 is 1.05 bits per heavy atom. The van der Waals surface area contributed by atoms with E-state index in [-0.39, 0.29) is 6.03 Å². The standard InChI is InChI=1S/C14H10BrN3O/c15-11-4-2-6-13(8-11)18-14(19)17-12-5-1-3-10(7-12)9-16/h1-8H,(H2,17,18,19). The minimum absolute atomic E-state index is 0.354. The first-order chi connectivity index (χ1) is 9.17. The maximum absolute atomic E-state index is 11.8. The van der Waals surface area contributed by atoms with Crippen LogP contribution >= 0.6 is 15.9 Å². The van der Waals surface area contributed by atoms with E-state index in [2.05, 4.69) is 26.6 Å². The predicted molar refractivity (Wildman–Crippen MR) is 77.9 cm³/mol. The monoisotopic (exact) mass is 315 g/mol. The number of carbonyl (C=O) groups is 1.